The zero-order valence-electron chi connectivity index (χ0n) is 22.8. The van der Waals surface area contributed by atoms with Gasteiger partial charge in [-0.15, -0.1) is 11.3 Å². The molecular weight excluding hydrogens is 552 g/mol. The third-order valence-electron chi connectivity index (χ3n) is 6.29. The second-order valence-corrected chi connectivity index (χ2v) is 10.4. The first-order valence-corrected chi connectivity index (χ1v) is 14.0. The van der Waals surface area contributed by atoms with E-state index in [4.69, 9.17) is 10.4 Å². The molecule has 2 aromatic carbocycles. The van der Waals surface area contributed by atoms with E-state index in [1.165, 1.54) is 29.2 Å². The first kappa shape index (κ1) is 31.4. The molecule has 4 nitrogen and oxygen atoms in total. The number of hydrogen-bond donors (Lipinski definition) is 1. The molecule has 3 aromatic rings. The van der Waals surface area contributed by atoms with Crippen molar-refractivity contribution in [3.8, 4) is 6.07 Å². The Bertz CT molecular complexity index is 1460. The summed E-state index contributed by atoms with van der Waals surface area (Å²) in [6.45, 7) is 6.42. The van der Waals surface area contributed by atoms with Crippen molar-refractivity contribution in [2.75, 3.05) is 18.0 Å². The van der Waals surface area contributed by atoms with Crippen molar-refractivity contribution in [2.45, 2.75) is 39.5 Å². The van der Waals surface area contributed by atoms with Crippen LogP contribution in [-0.2, 0) is 4.79 Å². The zero-order valence-corrected chi connectivity index (χ0v) is 23.6. The molecule has 1 N–H and O–H groups in total. The van der Waals surface area contributed by atoms with Gasteiger partial charge in [-0.1, -0.05) is 44.9 Å². The molecule has 0 unspecified atom stereocenters. The molecular formula is C32H30F4N2O2S. The Morgan fingerprint density at radius 1 is 0.829 bits per heavy atom. The van der Waals surface area contributed by atoms with Crippen LogP contribution in [-0.4, -0.2) is 24.2 Å². The summed E-state index contributed by atoms with van der Waals surface area (Å²) in [6.07, 6.45) is 10.9. The Morgan fingerprint density at radius 3 is 1.83 bits per heavy atom. The lowest BCUT2D eigenvalue weighted by molar-refractivity contribution is -0.132. The minimum atomic E-state index is -1.79. The predicted molar refractivity (Wildman–Crippen MR) is 158 cm³/mol. The largest absolute Gasteiger partial charge is 0.477 e. The topological polar surface area (TPSA) is 64.3 Å². The van der Waals surface area contributed by atoms with E-state index in [2.05, 4.69) is 43.0 Å². The lowest BCUT2D eigenvalue weighted by Crippen LogP contribution is -2.25. The number of hydrogen-bond acceptors (Lipinski definition) is 4. The summed E-state index contributed by atoms with van der Waals surface area (Å²) in [5.74, 6) is -8.77. The number of nitrogens with zero attached hydrogens (tertiary/aromatic N) is 2. The van der Waals surface area contributed by atoms with E-state index in [0.29, 0.717) is 4.88 Å². The average molecular weight is 583 g/mol. The molecule has 0 fully saturated rings. The third kappa shape index (κ3) is 8.18. The number of aliphatic carboxylic acids is 1. The molecule has 0 aliphatic rings. The van der Waals surface area contributed by atoms with E-state index in [0.717, 1.165) is 55.3 Å². The van der Waals surface area contributed by atoms with E-state index in [9.17, 15) is 22.4 Å². The van der Waals surface area contributed by atoms with Crippen molar-refractivity contribution in [1.29, 1.82) is 5.26 Å². The van der Waals surface area contributed by atoms with Gasteiger partial charge in [0, 0.05) is 28.5 Å². The molecule has 0 spiro atoms. The normalized spacial score (nSPS) is 11.9. The van der Waals surface area contributed by atoms with Gasteiger partial charge in [0.2, 0.25) is 0 Å². The van der Waals surface area contributed by atoms with Crippen LogP contribution in [0.1, 0.15) is 66.0 Å². The van der Waals surface area contributed by atoms with Crippen molar-refractivity contribution in [1.82, 2.24) is 0 Å². The second-order valence-electron chi connectivity index (χ2n) is 9.25. The van der Waals surface area contributed by atoms with Crippen LogP contribution in [0.4, 0.5) is 23.2 Å². The smallest absolute Gasteiger partial charge is 0.346 e. The first-order valence-electron chi connectivity index (χ1n) is 13.2. The van der Waals surface area contributed by atoms with E-state index < -0.39 is 45.9 Å². The van der Waals surface area contributed by atoms with Gasteiger partial charge in [-0.05, 0) is 67.0 Å². The first-order chi connectivity index (χ1) is 19.7. The molecule has 0 atom stereocenters. The maximum absolute atomic E-state index is 14.6. The van der Waals surface area contributed by atoms with Gasteiger partial charge in [-0.25, -0.2) is 22.4 Å². The van der Waals surface area contributed by atoms with Crippen LogP contribution in [0.15, 0.2) is 42.0 Å². The van der Waals surface area contributed by atoms with Crippen molar-refractivity contribution in [2.24, 2.45) is 0 Å². The van der Waals surface area contributed by atoms with Crippen molar-refractivity contribution < 1.29 is 27.5 Å². The highest BCUT2D eigenvalue weighted by Gasteiger charge is 2.24. The van der Waals surface area contributed by atoms with Crippen molar-refractivity contribution in [3.63, 3.8) is 0 Å². The summed E-state index contributed by atoms with van der Waals surface area (Å²) in [7, 11) is 0. The van der Waals surface area contributed by atoms with E-state index in [1.807, 2.05) is 18.2 Å². The Balaban J connectivity index is 1.76. The van der Waals surface area contributed by atoms with Gasteiger partial charge in [0.05, 0.1) is 11.1 Å². The highest BCUT2D eigenvalue weighted by Crippen LogP contribution is 2.29. The van der Waals surface area contributed by atoms with Crippen LogP contribution in [0.5, 0.6) is 0 Å². The van der Waals surface area contributed by atoms with Crippen LogP contribution in [0.25, 0.3) is 30.4 Å². The molecule has 0 aliphatic heterocycles. The number of carbonyl (C=O) groups is 1. The van der Waals surface area contributed by atoms with E-state index in [1.54, 1.807) is 6.07 Å². The minimum absolute atomic E-state index is 0.257. The van der Waals surface area contributed by atoms with Crippen LogP contribution in [0, 0.1) is 34.6 Å². The lowest BCUT2D eigenvalue weighted by atomic mass is 10.0. The fourth-order valence-corrected chi connectivity index (χ4v) is 4.80. The summed E-state index contributed by atoms with van der Waals surface area (Å²) in [5, 5.41) is 17.7. The maximum Gasteiger partial charge on any atom is 0.346 e. The molecule has 41 heavy (non-hydrogen) atoms. The number of unbranched alkanes of at least 4 members (excludes halogenated alkanes) is 2. The number of nitriles is 1. The van der Waals surface area contributed by atoms with E-state index >= 15 is 0 Å². The molecule has 0 amide bonds. The quantitative estimate of drug-likeness (QED) is 0.0945. The Labute approximate surface area is 241 Å². The summed E-state index contributed by atoms with van der Waals surface area (Å²) in [6, 6.07) is 13.0. The Hall–Kier alpha value is -4.16. The molecule has 0 saturated carbocycles. The molecule has 1 aromatic heterocycles. The van der Waals surface area contributed by atoms with Crippen LogP contribution < -0.4 is 4.90 Å². The van der Waals surface area contributed by atoms with Gasteiger partial charge in [0.25, 0.3) is 0 Å². The van der Waals surface area contributed by atoms with Crippen molar-refractivity contribution in [3.05, 3.63) is 91.7 Å². The minimum Gasteiger partial charge on any atom is -0.477 e. The van der Waals surface area contributed by atoms with Gasteiger partial charge in [0.15, 0.2) is 23.3 Å². The molecule has 0 aliphatic carbocycles. The maximum atomic E-state index is 14.6. The fourth-order valence-electron chi connectivity index (χ4n) is 3.98. The Kier molecular flexibility index (Phi) is 11.5. The van der Waals surface area contributed by atoms with Gasteiger partial charge >= 0.3 is 5.97 Å². The monoisotopic (exact) mass is 582 g/mol. The van der Waals surface area contributed by atoms with Gasteiger partial charge < -0.3 is 10.0 Å². The SMILES string of the molecule is CCCCN(CCCC)c1ccc(/C=C/c2ccc(/C=C/c3c(F)c(F)c(C=C(C#N)C(=O)O)c(F)c3F)s2)cc1. The summed E-state index contributed by atoms with van der Waals surface area (Å²) < 4.78 is 58.1. The third-order valence-corrected chi connectivity index (χ3v) is 7.31. The Morgan fingerprint density at radius 2 is 1.34 bits per heavy atom. The number of thiophene rings is 1. The molecule has 214 valence electrons. The zero-order chi connectivity index (χ0) is 29.9. The highest BCUT2D eigenvalue weighted by molar-refractivity contribution is 7.13. The van der Waals surface area contributed by atoms with Gasteiger partial charge in [0.1, 0.15) is 11.6 Å². The number of anilines is 1. The summed E-state index contributed by atoms with van der Waals surface area (Å²) in [4.78, 5) is 14.8. The van der Waals surface area contributed by atoms with Gasteiger partial charge in [-0.2, -0.15) is 5.26 Å². The second kappa shape index (κ2) is 15.0. The fraction of sp³-hybridized carbons (Fsp3) is 0.250. The standard InChI is InChI=1S/C32H30F4N2O2S/c1-3-5-17-38(18-6-4-2)23-10-7-21(8-11-23)9-12-24-13-14-25(41-24)15-16-26-28(33)30(35)27(31(36)29(26)34)19-22(20-37)32(39)40/h7-16,19H,3-6,17-18H2,1-2H3,(H,39,40)/b12-9+,16-15+,22-19?. The molecule has 3 rings (SSSR count). The number of rotatable bonds is 13. The van der Waals surface area contributed by atoms with Crippen LogP contribution in [0.2, 0.25) is 0 Å². The van der Waals surface area contributed by atoms with Gasteiger partial charge in [-0.3, -0.25) is 0 Å². The van der Waals surface area contributed by atoms with Crippen molar-refractivity contribution >= 4 is 53.4 Å². The lowest BCUT2D eigenvalue weighted by Gasteiger charge is -2.24. The number of carboxylic acids is 1. The molecule has 0 saturated heterocycles. The van der Waals surface area contributed by atoms with Crippen LogP contribution in [0.3, 0.4) is 0 Å². The molecule has 0 bridgehead atoms. The number of benzene rings is 2. The molecule has 9 heteroatoms. The molecule has 1 heterocycles. The number of carboxylic acid groups (broad SMARTS) is 1. The summed E-state index contributed by atoms with van der Waals surface area (Å²) in [5.41, 5.74) is -1.10. The highest BCUT2D eigenvalue weighted by atomic mass is 32.1. The average Bonchev–Trinajstić information content (AvgIpc) is 3.43. The predicted octanol–water partition coefficient (Wildman–Crippen LogP) is 9.04. The summed E-state index contributed by atoms with van der Waals surface area (Å²) >= 11 is 1.31. The van der Waals surface area contributed by atoms with E-state index in [-0.39, 0.29) is 6.08 Å². The number of halogens is 4. The van der Waals surface area contributed by atoms with Crippen LogP contribution >= 0.6 is 11.3 Å². The molecule has 0 radical (unpaired) electrons.